The van der Waals surface area contributed by atoms with Gasteiger partial charge in [0.1, 0.15) is 11.5 Å². The van der Waals surface area contributed by atoms with Crippen molar-refractivity contribution in [2.24, 2.45) is 5.92 Å². The van der Waals surface area contributed by atoms with Gasteiger partial charge in [-0.15, -0.1) is 11.3 Å². The fraction of sp³-hybridized carbons (Fsp3) is 0.722. The number of thiazole rings is 1. The monoisotopic (exact) mass is 336 g/mol. The normalized spacial score (nSPS) is 18.4. The lowest BCUT2D eigenvalue weighted by Crippen LogP contribution is -2.42. The van der Waals surface area contributed by atoms with Gasteiger partial charge in [0.2, 0.25) is 0 Å². The second-order valence-corrected chi connectivity index (χ2v) is 7.63. The molecule has 5 heteroatoms. The minimum atomic E-state index is -0.0146. The maximum Gasteiger partial charge on any atom is 0.273 e. The number of rotatable bonds is 7. The maximum atomic E-state index is 12.6. The summed E-state index contributed by atoms with van der Waals surface area (Å²) in [6.07, 6.45) is 5.71. The molecule has 4 nitrogen and oxygen atoms in total. The van der Waals surface area contributed by atoms with Gasteiger partial charge in [0.25, 0.3) is 5.91 Å². The molecule has 0 saturated carbocycles. The zero-order chi connectivity index (χ0) is 16.8. The lowest BCUT2D eigenvalue weighted by atomic mass is 9.91. The smallest absolute Gasteiger partial charge is 0.273 e. The van der Waals surface area contributed by atoms with E-state index in [2.05, 4.69) is 25.8 Å². The van der Waals surface area contributed by atoms with Crippen molar-refractivity contribution in [2.45, 2.75) is 65.2 Å². The Kier molecular flexibility index (Phi) is 6.75. The van der Waals surface area contributed by atoms with E-state index in [1.165, 1.54) is 0 Å². The summed E-state index contributed by atoms with van der Waals surface area (Å²) in [4.78, 5) is 31.2. The van der Waals surface area contributed by atoms with Gasteiger partial charge in [-0.25, -0.2) is 4.98 Å². The van der Waals surface area contributed by atoms with Gasteiger partial charge >= 0.3 is 0 Å². The third-order valence-corrected chi connectivity index (χ3v) is 5.57. The first-order chi connectivity index (χ1) is 11.0. The number of unbranched alkanes of at least 4 members (excludes halogenated alkanes) is 2. The van der Waals surface area contributed by atoms with Gasteiger partial charge < -0.3 is 4.90 Å². The van der Waals surface area contributed by atoms with Gasteiger partial charge in [0, 0.05) is 36.7 Å². The molecule has 0 spiro atoms. The number of Topliss-reactive ketones (excluding diaryl/α,β-unsaturated/α-hetero) is 1. The van der Waals surface area contributed by atoms with Crippen molar-refractivity contribution in [3.8, 4) is 0 Å². The lowest BCUT2D eigenvalue weighted by Gasteiger charge is -2.31. The van der Waals surface area contributed by atoms with Gasteiger partial charge in [0.15, 0.2) is 0 Å². The molecular weight excluding hydrogens is 308 g/mol. The molecule has 128 valence electrons. The van der Waals surface area contributed by atoms with Crippen molar-refractivity contribution >= 4 is 23.0 Å². The maximum absolute atomic E-state index is 12.6. The van der Waals surface area contributed by atoms with Crippen molar-refractivity contribution in [1.82, 2.24) is 9.88 Å². The number of carbonyl (C=O) groups is 2. The highest BCUT2D eigenvalue weighted by molar-refractivity contribution is 7.09. The molecule has 1 aromatic rings. The summed E-state index contributed by atoms with van der Waals surface area (Å²) in [5.74, 6) is 0.680. The third-order valence-electron chi connectivity index (χ3n) is 4.43. The molecule has 1 atom stereocenters. The Morgan fingerprint density at radius 1 is 1.39 bits per heavy atom. The molecular formula is C18H28N2O2S. The van der Waals surface area contributed by atoms with Crippen LogP contribution < -0.4 is 0 Å². The van der Waals surface area contributed by atoms with Gasteiger partial charge in [0.05, 0.1) is 5.01 Å². The van der Waals surface area contributed by atoms with E-state index in [1.807, 2.05) is 10.3 Å². The number of ketones is 1. The van der Waals surface area contributed by atoms with Gasteiger partial charge in [-0.3, -0.25) is 9.59 Å². The van der Waals surface area contributed by atoms with Crippen molar-refractivity contribution in [3.05, 3.63) is 16.1 Å². The Morgan fingerprint density at radius 2 is 2.17 bits per heavy atom. The lowest BCUT2D eigenvalue weighted by molar-refractivity contribution is -0.124. The molecule has 23 heavy (non-hydrogen) atoms. The van der Waals surface area contributed by atoms with Crippen LogP contribution in [0.25, 0.3) is 0 Å². The van der Waals surface area contributed by atoms with E-state index < -0.39 is 0 Å². The summed E-state index contributed by atoms with van der Waals surface area (Å²) in [6, 6.07) is 0. The van der Waals surface area contributed by atoms with Gasteiger partial charge in [-0.1, -0.05) is 33.6 Å². The minimum Gasteiger partial charge on any atom is -0.337 e. The molecule has 1 saturated heterocycles. The Hall–Kier alpha value is -1.23. The number of hydrogen-bond acceptors (Lipinski definition) is 4. The summed E-state index contributed by atoms with van der Waals surface area (Å²) in [5, 5.41) is 2.85. The predicted octanol–water partition coefficient (Wildman–Crippen LogP) is 4.27. The molecule has 2 rings (SSSR count). The number of amides is 1. The zero-order valence-electron chi connectivity index (χ0n) is 14.5. The Bertz CT molecular complexity index is 539. The largest absolute Gasteiger partial charge is 0.337 e. The third kappa shape index (κ3) is 4.87. The van der Waals surface area contributed by atoms with E-state index in [4.69, 9.17) is 0 Å². The fourth-order valence-corrected chi connectivity index (χ4v) is 3.80. The molecule has 1 fully saturated rings. The molecule has 0 aliphatic carbocycles. The Labute approximate surface area is 143 Å². The SMILES string of the molecule is CCCCCC(=O)C1CCCN(C(=O)c2csc(C(C)C)n2)C1. The van der Waals surface area contributed by atoms with E-state index in [0.29, 0.717) is 30.4 Å². The average Bonchev–Trinajstić information content (AvgIpc) is 3.04. The van der Waals surface area contributed by atoms with Crippen LogP contribution in [-0.4, -0.2) is 34.7 Å². The highest BCUT2D eigenvalue weighted by Crippen LogP contribution is 2.24. The van der Waals surface area contributed by atoms with E-state index in [-0.39, 0.29) is 11.8 Å². The molecule has 0 aromatic carbocycles. The van der Waals surface area contributed by atoms with Crippen LogP contribution in [0.5, 0.6) is 0 Å². The van der Waals surface area contributed by atoms with Crippen LogP contribution in [0.1, 0.15) is 80.7 Å². The summed E-state index contributed by atoms with van der Waals surface area (Å²) < 4.78 is 0. The number of aromatic nitrogens is 1. The highest BCUT2D eigenvalue weighted by Gasteiger charge is 2.29. The standard InChI is InChI=1S/C18H28N2O2S/c1-4-5-6-9-16(21)14-8-7-10-20(11-14)18(22)15-12-23-17(19-15)13(2)3/h12-14H,4-11H2,1-3H3. The first-order valence-corrected chi connectivity index (χ1v) is 9.68. The second-order valence-electron chi connectivity index (χ2n) is 6.74. The van der Waals surface area contributed by atoms with Crippen LogP contribution in [0.15, 0.2) is 5.38 Å². The van der Waals surface area contributed by atoms with Crippen molar-refractivity contribution < 1.29 is 9.59 Å². The summed E-state index contributed by atoms with van der Waals surface area (Å²) in [6.45, 7) is 7.62. The number of carbonyl (C=O) groups excluding carboxylic acids is 2. The molecule has 0 bridgehead atoms. The van der Waals surface area contributed by atoms with Crippen LogP contribution in [0, 0.1) is 5.92 Å². The molecule has 1 unspecified atom stereocenters. The molecule has 1 aliphatic heterocycles. The van der Waals surface area contributed by atoms with Crippen LogP contribution >= 0.6 is 11.3 Å². The van der Waals surface area contributed by atoms with Crippen molar-refractivity contribution in [2.75, 3.05) is 13.1 Å². The van der Waals surface area contributed by atoms with Gasteiger partial charge in [-0.05, 0) is 19.3 Å². The summed E-state index contributed by atoms with van der Waals surface area (Å²) >= 11 is 1.55. The van der Waals surface area contributed by atoms with Crippen LogP contribution in [0.2, 0.25) is 0 Å². The summed E-state index contributed by atoms with van der Waals surface area (Å²) in [5.41, 5.74) is 0.540. The minimum absolute atomic E-state index is 0.0146. The van der Waals surface area contributed by atoms with Crippen molar-refractivity contribution in [1.29, 1.82) is 0 Å². The quantitative estimate of drug-likeness (QED) is 0.699. The Morgan fingerprint density at radius 3 is 2.83 bits per heavy atom. The molecule has 1 amide bonds. The van der Waals surface area contributed by atoms with Gasteiger partial charge in [-0.2, -0.15) is 0 Å². The molecule has 0 N–H and O–H groups in total. The van der Waals surface area contributed by atoms with Crippen LogP contribution in [0.3, 0.4) is 0 Å². The molecule has 0 radical (unpaired) electrons. The number of nitrogens with zero attached hydrogens (tertiary/aromatic N) is 2. The van der Waals surface area contributed by atoms with E-state index >= 15 is 0 Å². The number of hydrogen-bond donors (Lipinski definition) is 0. The molecule has 1 aliphatic rings. The van der Waals surface area contributed by atoms with Crippen LogP contribution in [0.4, 0.5) is 0 Å². The average molecular weight is 337 g/mol. The Balaban J connectivity index is 1.94. The first kappa shape index (κ1) is 18.1. The van der Waals surface area contributed by atoms with Crippen molar-refractivity contribution in [3.63, 3.8) is 0 Å². The number of likely N-dealkylation sites (tertiary alicyclic amines) is 1. The fourth-order valence-electron chi connectivity index (χ4n) is 2.99. The molecule has 2 heterocycles. The van der Waals surface area contributed by atoms with E-state index in [1.54, 1.807) is 11.3 Å². The topological polar surface area (TPSA) is 50.3 Å². The summed E-state index contributed by atoms with van der Waals surface area (Å²) in [7, 11) is 0. The highest BCUT2D eigenvalue weighted by atomic mass is 32.1. The first-order valence-electron chi connectivity index (χ1n) is 8.80. The number of piperidine rings is 1. The second kappa shape index (κ2) is 8.57. The van der Waals surface area contributed by atoms with E-state index in [9.17, 15) is 9.59 Å². The zero-order valence-corrected chi connectivity index (χ0v) is 15.3. The van der Waals surface area contributed by atoms with E-state index in [0.717, 1.165) is 43.7 Å². The van der Waals surface area contributed by atoms with Crippen LogP contribution in [-0.2, 0) is 4.79 Å². The predicted molar refractivity (Wildman–Crippen MR) is 94.0 cm³/mol. The molecule has 1 aromatic heterocycles.